The average Bonchev–Trinajstić information content (AvgIpc) is 2.72. The largest absolute Gasteiger partial charge is 0.343 e. The number of thioether (sulfide) groups is 1. The van der Waals surface area contributed by atoms with E-state index in [0.717, 1.165) is 12.2 Å². The second-order valence-corrected chi connectivity index (χ2v) is 7.97. The van der Waals surface area contributed by atoms with Gasteiger partial charge in [-0.05, 0) is 38.4 Å². The first-order valence-electron chi connectivity index (χ1n) is 7.09. The van der Waals surface area contributed by atoms with Gasteiger partial charge >= 0.3 is 0 Å². The van der Waals surface area contributed by atoms with Crippen LogP contribution >= 0.6 is 11.8 Å². The Morgan fingerprint density at radius 2 is 2.16 bits per heavy atom. The van der Waals surface area contributed by atoms with Crippen molar-refractivity contribution in [3.05, 3.63) is 0 Å². The van der Waals surface area contributed by atoms with Crippen LogP contribution in [-0.2, 0) is 9.59 Å². The van der Waals surface area contributed by atoms with Gasteiger partial charge in [0, 0.05) is 11.3 Å². The maximum atomic E-state index is 12.4. The van der Waals surface area contributed by atoms with E-state index in [2.05, 4.69) is 12.2 Å². The molecule has 0 radical (unpaired) electrons. The number of carbonyl (C=O) groups excluding carboxylic acids is 2. The molecule has 0 aromatic rings. The van der Waals surface area contributed by atoms with Gasteiger partial charge in [-0.15, -0.1) is 0 Å². The molecule has 0 aliphatic carbocycles. The molecular weight excluding hydrogens is 260 g/mol. The number of hydrogen-bond acceptors (Lipinski definition) is 3. The lowest BCUT2D eigenvalue weighted by Crippen LogP contribution is -2.65. The molecule has 1 N–H and O–H groups in total. The first-order chi connectivity index (χ1) is 8.84. The summed E-state index contributed by atoms with van der Waals surface area (Å²) in [6.45, 7) is 8.69. The van der Waals surface area contributed by atoms with E-state index in [0.29, 0.717) is 6.54 Å². The molecule has 2 aliphatic heterocycles. The van der Waals surface area contributed by atoms with Crippen LogP contribution in [0.4, 0.5) is 0 Å². The highest BCUT2D eigenvalue weighted by atomic mass is 32.2. The molecule has 2 amide bonds. The summed E-state index contributed by atoms with van der Waals surface area (Å²) in [5, 5.41) is 2.79. The lowest BCUT2D eigenvalue weighted by Gasteiger charge is -2.43. The van der Waals surface area contributed by atoms with Crippen LogP contribution in [0, 0.1) is 5.92 Å². The zero-order valence-corrected chi connectivity index (χ0v) is 13.0. The van der Waals surface area contributed by atoms with Gasteiger partial charge in [0.15, 0.2) is 0 Å². The van der Waals surface area contributed by atoms with E-state index < -0.39 is 6.04 Å². The van der Waals surface area contributed by atoms with Crippen molar-refractivity contribution < 1.29 is 9.59 Å². The van der Waals surface area contributed by atoms with Crippen molar-refractivity contribution in [1.82, 2.24) is 10.2 Å². The molecule has 0 bridgehead atoms. The Morgan fingerprint density at radius 1 is 1.47 bits per heavy atom. The number of carbonyl (C=O) groups is 2. The van der Waals surface area contributed by atoms with E-state index in [1.165, 1.54) is 6.42 Å². The van der Waals surface area contributed by atoms with Crippen molar-refractivity contribution in [1.29, 1.82) is 0 Å². The molecule has 3 unspecified atom stereocenters. The van der Waals surface area contributed by atoms with Crippen LogP contribution in [0.25, 0.3) is 0 Å². The molecule has 0 aromatic heterocycles. The van der Waals surface area contributed by atoms with Crippen molar-refractivity contribution in [3.63, 3.8) is 0 Å². The van der Waals surface area contributed by atoms with E-state index in [1.54, 1.807) is 6.92 Å². The molecule has 5 heteroatoms. The summed E-state index contributed by atoms with van der Waals surface area (Å²) in [5.41, 5.74) is 0. The molecule has 2 aliphatic rings. The van der Waals surface area contributed by atoms with E-state index in [4.69, 9.17) is 0 Å². The van der Waals surface area contributed by atoms with Crippen molar-refractivity contribution in [2.24, 2.45) is 5.92 Å². The summed E-state index contributed by atoms with van der Waals surface area (Å²) in [7, 11) is 0. The van der Waals surface area contributed by atoms with Gasteiger partial charge in [0.1, 0.15) is 12.1 Å². The Bertz CT molecular complexity index is 378. The fourth-order valence-electron chi connectivity index (χ4n) is 3.05. The Kier molecular flexibility index (Phi) is 4.14. The van der Waals surface area contributed by atoms with Gasteiger partial charge in [-0.1, -0.05) is 13.8 Å². The second-order valence-electron chi connectivity index (χ2n) is 6.29. The molecule has 0 spiro atoms. The number of piperazine rings is 1. The number of hydrogen-bond donors (Lipinski definition) is 1. The maximum Gasteiger partial charge on any atom is 0.245 e. The molecule has 2 saturated heterocycles. The average molecular weight is 284 g/mol. The SMILES string of the molecule is CC1NC(=O)C(C(C)C)N(CC2(C)CCCS2)C1=O. The summed E-state index contributed by atoms with van der Waals surface area (Å²) < 4.78 is 0.111. The van der Waals surface area contributed by atoms with Crippen molar-refractivity contribution >= 4 is 23.6 Å². The summed E-state index contributed by atoms with van der Waals surface area (Å²) >= 11 is 1.93. The molecule has 0 saturated carbocycles. The van der Waals surface area contributed by atoms with Crippen LogP contribution in [0.1, 0.15) is 40.5 Å². The van der Waals surface area contributed by atoms with E-state index in [9.17, 15) is 9.59 Å². The van der Waals surface area contributed by atoms with Crippen molar-refractivity contribution in [3.8, 4) is 0 Å². The van der Waals surface area contributed by atoms with Gasteiger partial charge in [-0.3, -0.25) is 9.59 Å². The summed E-state index contributed by atoms with van der Waals surface area (Å²) in [6, 6.07) is -0.709. The fraction of sp³-hybridized carbons (Fsp3) is 0.857. The third-order valence-corrected chi connectivity index (χ3v) is 5.58. The minimum absolute atomic E-state index is 0.00584. The van der Waals surface area contributed by atoms with Crippen LogP contribution in [0.3, 0.4) is 0 Å². The Labute approximate surface area is 119 Å². The van der Waals surface area contributed by atoms with Crippen LogP contribution in [-0.4, -0.2) is 45.8 Å². The second kappa shape index (κ2) is 5.35. The van der Waals surface area contributed by atoms with Crippen LogP contribution in [0.2, 0.25) is 0 Å². The van der Waals surface area contributed by atoms with Crippen molar-refractivity contribution in [2.45, 2.75) is 57.4 Å². The van der Waals surface area contributed by atoms with Crippen LogP contribution in [0.5, 0.6) is 0 Å². The predicted molar refractivity (Wildman–Crippen MR) is 78.0 cm³/mol. The van der Waals surface area contributed by atoms with Crippen LogP contribution < -0.4 is 5.32 Å². The predicted octanol–water partition coefficient (Wildman–Crippen LogP) is 1.64. The Hall–Kier alpha value is -0.710. The normalized spacial score (nSPS) is 35.9. The molecular formula is C14H24N2O2S. The minimum atomic E-state index is -0.391. The number of nitrogens with zero attached hydrogens (tertiary/aromatic N) is 1. The first kappa shape index (κ1) is 14.7. The van der Waals surface area contributed by atoms with E-state index in [1.807, 2.05) is 30.5 Å². The van der Waals surface area contributed by atoms with E-state index in [-0.39, 0.29) is 28.5 Å². The summed E-state index contributed by atoms with van der Waals surface area (Å²) in [6.07, 6.45) is 2.33. The molecule has 2 fully saturated rings. The van der Waals surface area contributed by atoms with Crippen LogP contribution in [0.15, 0.2) is 0 Å². The lowest BCUT2D eigenvalue weighted by molar-refractivity contribution is -0.151. The van der Waals surface area contributed by atoms with Gasteiger partial charge in [-0.2, -0.15) is 11.8 Å². The monoisotopic (exact) mass is 284 g/mol. The quantitative estimate of drug-likeness (QED) is 0.857. The molecule has 108 valence electrons. The van der Waals surface area contributed by atoms with Gasteiger partial charge in [0.2, 0.25) is 11.8 Å². The standard InChI is InChI=1S/C14H24N2O2S/c1-9(2)11-12(17)15-10(3)13(18)16(11)8-14(4)6-5-7-19-14/h9-11H,5-8H2,1-4H3,(H,15,17). The highest BCUT2D eigenvalue weighted by Crippen LogP contribution is 2.39. The maximum absolute atomic E-state index is 12.4. The third kappa shape index (κ3) is 2.91. The Morgan fingerprint density at radius 3 is 2.68 bits per heavy atom. The molecule has 19 heavy (non-hydrogen) atoms. The third-order valence-electron chi connectivity index (χ3n) is 4.05. The number of nitrogens with one attached hydrogen (secondary N) is 1. The van der Waals surface area contributed by atoms with Gasteiger partial charge in [0.25, 0.3) is 0 Å². The van der Waals surface area contributed by atoms with Crippen molar-refractivity contribution in [2.75, 3.05) is 12.3 Å². The number of amides is 2. The topological polar surface area (TPSA) is 49.4 Å². The fourth-order valence-corrected chi connectivity index (χ4v) is 4.35. The molecule has 3 atom stereocenters. The molecule has 4 nitrogen and oxygen atoms in total. The van der Waals surface area contributed by atoms with E-state index >= 15 is 0 Å². The highest BCUT2D eigenvalue weighted by molar-refractivity contribution is 8.00. The lowest BCUT2D eigenvalue weighted by atomic mass is 9.95. The molecule has 2 rings (SSSR count). The highest BCUT2D eigenvalue weighted by Gasteiger charge is 2.44. The van der Waals surface area contributed by atoms with Gasteiger partial charge in [0.05, 0.1) is 0 Å². The number of rotatable bonds is 3. The zero-order chi connectivity index (χ0) is 14.2. The minimum Gasteiger partial charge on any atom is -0.343 e. The first-order valence-corrected chi connectivity index (χ1v) is 8.07. The summed E-state index contributed by atoms with van der Waals surface area (Å²) in [5.74, 6) is 1.36. The molecule has 0 aromatic carbocycles. The zero-order valence-electron chi connectivity index (χ0n) is 12.2. The van der Waals surface area contributed by atoms with Gasteiger partial charge < -0.3 is 10.2 Å². The summed E-state index contributed by atoms with van der Waals surface area (Å²) in [4.78, 5) is 26.4. The smallest absolute Gasteiger partial charge is 0.245 e. The Balaban J connectivity index is 2.21. The molecule has 2 heterocycles. The van der Waals surface area contributed by atoms with Gasteiger partial charge in [-0.25, -0.2) is 0 Å².